The van der Waals surface area contributed by atoms with Gasteiger partial charge in [0.15, 0.2) is 0 Å². The van der Waals surface area contributed by atoms with Crippen molar-refractivity contribution in [2.24, 2.45) is 5.92 Å². The number of halogens is 1. The molecule has 2 N–H and O–H groups in total. The van der Waals surface area contributed by atoms with Crippen LogP contribution in [-0.2, 0) is 4.79 Å². The maximum Gasteiger partial charge on any atom is 0.262 e. The molecule has 8 heteroatoms. The molecule has 158 valence electrons. The first-order valence-electron chi connectivity index (χ1n) is 9.73. The van der Waals surface area contributed by atoms with E-state index in [1.807, 2.05) is 33.1 Å². The maximum atomic E-state index is 13.2. The summed E-state index contributed by atoms with van der Waals surface area (Å²) in [5, 5.41) is 12.0. The first kappa shape index (κ1) is 21.7. The van der Waals surface area contributed by atoms with Crippen LogP contribution >= 0.6 is 11.3 Å². The van der Waals surface area contributed by atoms with Gasteiger partial charge in [-0.15, -0.1) is 11.3 Å². The van der Waals surface area contributed by atoms with Gasteiger partial charge in [-0.25, -0.2) is 9.07 Å². The van der Waals surface area contributed by atoms with E-state index in [1.54, 1.807) is 35.1 Å². The van der Waals surface area contributed by atoms with Crippen molar-refractivity contribution >= 4 is 23.2 Å². The second-order valence-corrected chi connectivity index (χ2v) is 8.42. The van der Waals surface area contributed by atoms with E-state index in [-0.39, 0.29) is 29.6 Å². The zero-order chi connectivity index (χ0) is 21.8. The van der Waals surface area contributed by atoms with Crippen LogP contribution in [0.1, 0.15) is 47.7 Å². The monoisotopic (exact) mass is 428 g/mol. The quantitative estimate of drug-likeness (QED) is 0.597. The molecule has 6 nitrogen and oxygen atoms in total. The SMILES string of the molecule is Cc1c(C(C)NC(=O)C(NC(=O)c2cccs2)C(C)C)cnn1-c1ccc(F)cc1. The molecular weight excluding hydrogens is 403 g/mol. The van der Waals surface area contributed by atoms with Crippen molar-refractivity contribution in [3.05, 3.63) is 69.9 Å². The number of aromatic nitrogens is 2. The van der Waals surface area contributed by atoms with Crippen molar-refractivity contribution < 1.29 is 14.0 Å². The number of benzene rings is 1. The average molecular weight is 429 g/mol. The molecule has 0 aliphatic rings. The Morgan fingerprint density at radius 1 is 1.10 bits per heavy atom. The van der Waals surface area contributed by atoms with Gasteiger partial charge in [-0.1, -0.05) is 19.9 Å². The molecule has 1 aromatic carbocycles. The fraction of sp³-hybridized carbons (Fsp3) is 0.318. The Bertz CT molecular complexity index is 1010. The minimum Gasteiger partial charge on any atom is -0.348 e. The van der Waals surface area contributed by atoms with Crippen LogP contribution in [-0.4, -0.2) is 27.6 Å². The summed E-state index contributed by atoms with van der Waals surface area (Å²) in [5.41, 5.74) is 2.43. The fourth-order valence-corrected chi connectivity index (χ4v) is 3.85. The van der Waals surface area contributed by atoms with Crippen LogP contribution in [0, 0.1) is 18.7 Å². The number of amides is 2. The highest BCUT2D eigenvalue weighted by Gasteiger charge is 2.27. The normalized spacial score (nSPS) is 13.1. The lowest BCUT2D eigenvalue weighted by Crippen LogP contribution is -2.50. The third-order valence-corrected chi connectivity index (χ3v) is 5.79. The van der Waals surface area contributed by atoms with E-state index in [0.717, 1.165) is 16.9 Å². The van der Waals surface area contributed by atoms with E-state index in [2.05, 4.69) is 15.7 Å². The highest BCUT2D eigenvalue weighted by atomic mass is 32.1. The van der Waals surface area contributed by atoms with Gasteiger partial charge < -0.3 is 10.6 Å². The summed E-state index contributed by atoms with van der Waals surface area (Å²) in [7, 11) is 0. The van der Waals surface area contributed by atoms with Crippen molar-refractivity contribution in [1.82, 2.24) is 20.4 Å². The number of hydrogen-bond donors (Lipinski definition) is 2. The van der Waals surface area contributed by atoms with E-state index in [0.29, 0.717) is 4.88 Å². The molecule has 0 saturated heterocycles. The van der Waals surface area contributed by atoms with Gasteiger partial charge >= 0.3 is 0 Å². The predicted molar refractivity (Wildman–Crippen MR) is 115 cm³/mol. The number of carbonyl (C=O) groups excluding carboxylic acids is 2. The Balaban J connectivity index is 1.72. The molecular formula is C22H25FN4O2S. The summed E-state index contributed by atoms with van der Waals surface area (Å²) in [4.78, 5) is 25.9. The molecule has 0 bridgehead atoms. The van der Waals surface area contributed by atoms with Gasteiger partial charge in [0.05, 0.1) is 22.8 Å². The molecule has 2 heterocycles. The highest BCUT2D eigenvalue weighted by molar-refractivity contribution is 7.12. The number of rotatable bonds is 7. The van der Waals surface area contributed by atoms with Crippen LogP contribution in [0.3, 0.4) is 0 Å². The van der Waals surface area contributed by atoms with E-state index < -0.39 is 6.04 Å². The molecule has 0 radical (unpaired) electrons. The molecule has 3 rings (SSSR count). The standard InChI is InChI=1S/C22H25FN4O2S/c1-13(2)20(26-21(28)19-6-5-11-30-19)22(29)25-14(3)18-12-24-27(15(18)4)17-9-7-16(23)8-10-17/h5-14,20H,1-4H3,(H,25,29)(H,26,28). The van der Waals surface area contributed by atoms with E-state index in [9.17, 15) is 14.0 Å². The molecule has 2 aromatic heterocycles. The van der Waals surface area contributed by atoms with Gasteiger partial charge in [0.1, 0.15) is 11.9 Å². The number of nitrogens with one attached hydrogen (secondary N) is 2. The van der Waals surface area contributed by atoms with Crippen LogP contribution in [0.25, 0.3) is 5.69 Å². The molecule has 2 atom stereocenters. The summed E-state index contributed by atoms with van der Waals surface area (Å²) >= 11 is 1.33. The third-order valence-electron chi connectivity index (χ3n) is 4.92. The zero-order valence-electron chi connectivity index (χ0n) is 17.3. The lowest BCUT2D eigenvalue weighted by molar-refractivity contribution is -0.124. The second kappa shape index (κ2) is 9.21. The molecule has 2 amide bonds. The van der Waals surface area contributed by atoms with Crippen molar-refractivity contribution in [3.8, 4) is 5.69 Å². The predicted octanol–water partition coefficient (Wildman–Crippen LogP) is 4.01. The Hall–Kier alpha value is -3.00. The first-order chi connectivity index (χ1) is 14.3. The van der Waals surface area contributed by atoms with Gasteiger partial charge in [-0.3, -0.25) is 9.59 Å². The number of carbonyl (C=O) groups is 2. The summed E-state index contributed by atoms with van der Waals surface area (Å²) in [6.45, 7) is 7.55. The van der Waals surface area contributed by atoms with Crippen molar-refractivity contribution in [2.45, 2.75) is 39.8 Å². The summed E-state index contributed by atoms with van der Waals surface area (Å²) < 4.78 is 14.9. The van der Waals surface area contributed by atoms with Crippen LogP contribution in [0.4, 0.5) is 4.39 Å². The molecule has 3 aromatic rings. The fourth-order valence-electron chi connectivity index (χ4n) is 3.23. The van der Waals surface area contributed by atoms with E-state index in [1.165, 1.54) is 23.5 Å². The average Bonchev–Trinajstić information content (AvgIpc) is 3.36. The topological polar surface area (TPSA) is 76.0 Å². The molecule has 0 saturated carbocycles. The largest absolute Gasteiger partial charge is 0.348 e. The highest BCUT2D eigenvalue weighted by Crippen LogP contribution is 2.21. The minimum atomic E-state index is -0.658. The molecule has 0 spiro atoms. The van der Waals surface area contributed by atoms with E-state index in [4.69, 9.17) is 0 Å². The van der Waals surface area contributed by atoms with Crippen LogP contribution in [0.5, 0.6) is 0 Å². The van der Waals surface area contributed by atoms with Gasteiger partial charge in [0, 0.05) is 11.3 Å². The smallest absolute Gasteiger partial charge is 0.262 e. The Morgan fingerprint density at radius 3 is 2.40 bits per heavy atom. The number of nitrogens with zero attached hydrogens (tertiary/aromatic N) is 2. The Morgan fingerprint density at radius 2 is 1.80 bits per heavy atom. The van der Waals surface area contributed by atoms with Gasteiger partial charge in [0.25, 0.3) is 5.91 Å². The van der Waals surface area contributed by atoms with Gasteiger partial charge in [-0.05, 0) is 55.5 Å². The lowest BCUT2D eigenvalue weighted by Gasteiger charge is -2.24. The molecule has 30 heavy (non-hydrogen) atoms. The number of thiophene rings is 1. The summed E-state index contributed by atoms with van der Waals surface area (Å²) in [6.07, 6.45) is 1.69. The first-order valence-corrected chi connectivity index (χ1v) is 10.6. The lowest BCUT2D eigenvalue weighted by atomic mass is 10.0. The molecule has 0 aliphatic carbocycles. The van der Waals surface area contributed by atoms with Crippen LogP contribution in [0.2, 0.25) is 0 Å². The molecule has 2 unspecified atom stereocenters. The molecule has 0 aliphatic heterocycles. The van der Waals surface area contributed by atoms with Crippen molar-refractivity contribution in [2.75, 3.05) is 0 Å². The number of hydrogen-bond acceptors (Lipinski definition) is 4. The van der Waals surface area contributed by atoms with Gasteiger partial charge in [0.2, 0.25) is 5.91 Å². The summed E-state index contributed by atoms with van der Waals surface area (Å²) in [5.74, 6) is -0.902. The van der Waals surface area contributed by atoms with Crippen LogP contribution < -0.4 is 10.6 Å². The second-order valence-electron chi connectivity index (χ2n) is 7.48. The summed E-state index contributed by atoms with van der Waals surface area (Å²) in [6, 6.07) is 8.62. The Kier molecular flexibility index (Phi) is 6.66. The van der Waals surface area contributed by atoms with Crippen molar-refractivity contribution in [1.29, 1.82) is 0 Å². The molecule has 0 fully saturated rings. The third kappa shape index (κ3) is 4.76. The van der Waals surface area contributed by atoms with E-state index >= 15 is 0 Å². The van der Waals surface area contributed by atoms with Crippen molar-refractivity contribution in [3.63, 3.8) is 0 Å². The van der Waals surface area contributed by atoms with Crippen LogP contribution in [0.15, 0.2) is 48.0 Å². The zero-order valence-corrected chi connectivity index (χ0v) is 18.2. The minimum absolute atomic E-state index is 0.0795. The Labute approximate surface area is 179 Å². The van der Waals surface area contributed by atoms with Gasteiger partial charge in [-0.2, -0.15) is 5.10 Å². The maximum absolute atomic E-state index is 13.2.